The molecule has 0 unspecified atom stereocenters. The number of amides is 1. The van der Waals surface area contributed by atoms with Crippen molar-refractivity contribution in [2.45, 2.75) is 6.92 Å². The van der Waals surface area contributed by atoms with Gasteiger partial charge in [0, 0.05) is 22.7 Å². The summed E-state index contributed by atoms with van der Waals surface area (Å²) >= 11 is 0. The second-order valence-electron chi connectivity index (χ2n) is 7.01. The van der Waals surface area contributed by atoms with Crippen LogP contribution >= 0.6 is 0 Å². The molecule has 1 amide bonds. The van der Waals surface area contributed by atoms with Crippen molar-refractivity contribution in [3.8, 4) is 11.5 Å². The number of para-hydroxylation sites is 1. The van der Waals surface area contributed by atoms with Gasteiger partial charge in [-0.25, -0.2) is 9.78 Å². The number of anilines is 1. The summed E-state index contributed by atoms with van der Waals surface area (Å²) in [6.45, 7) is 2.00. The third-order valence-corrected chi connectivity index (χ3v) is 4.80. The SMILES string of the molecule is Cc1cccc(-c2nc3ccc(NC(=O)c4cc5ccccc5oc4=O)cc3o2)c1. The predicted molar refractivity (Wildman–Crippen MR) is 115 cm³/mol. The number of aromatic nitrogens is 1. The third kappa shape index (κ3) is 3.24. The second kappa shape index (κ2) is 7.00. The summed E-state index contributed by atoms with van der Waals surface area (Å²) in [5.41, 5.74) is 3.38. The van der Waals surface area contributed by atoms with Gasteiger partial charge in [-0.15, -0.1) is 0 Å². The van der Waals surface area contributed by atoms with Crippen molar-refractivity contribution in [2.75, 3.05) is 5.32 Å². The van der Waals surface area contributed by atoms with Gasteiger partial charge in [0.1, 0.15) is 16.7 Å². The summed E-state index contributed by atoms with van der Waals surface area (Å²) in [6.07, 6.45) is 0. The molecule has 0 atom stereocenters. The Hall–Kier alpha value is -4.19. The van der Waals surface area contributed by atoms with E-state index in [1.54, 1.807) is 36.4 Å². The molecule has 0 spiro atoms. The lowest BCUT2D eigenvalue weighted by Crippen LogP contribution is -2.20. The number of hydrogen-bond donors (Lipinski definition) is 1. The van der Waals surface area contributed by atoms with Crippen LogP contribution in [0.2, 0.25) is 0 Å². The van der Waals surface area contributed by atoms with Gasteiger partial charge in [-0.3, -0.25) is 4.79 Å². The van der Waals surface area contributed by atoms with Gasteiger partial charge in [0.2, 0.25) is 5.89 Å². The van der Waals surface area contributed by atoms with Gasteiger partial charge >= 0.3 is 5.63 Å². The maximum atomic E-state index is 12.7. The lowest BCUT2D eigenvalue weighted by Gasteiger charge is -2.05. The van der Waals surface area contributed by atoms with Crippen LogP contribution in [0.25, 0.3) is 33.5 Å². The van der Waals surface area contributed by atoms with Crippen molar-refractivity contribution >= 4 is 33.7 Å². The summed E-state index contributed by atoms with van der Waals surface area (Å²) in [6, 6.07) is 21.6. The zero-order chi connectivity index (χ0) is 20.7. The van der Waals surface area contributed by atoms with E-state index in [2.05, 4.69) is 10.3 Å². The molecule has 0 radical (unpaired) electrons. The van der Waals surface area contributed by atoms with Crippen LogP contribution in [0.1, 0.15) is 15.9 Å². The molecule has 6 nitrogen and oxygen atoms in total. The van der Waals surface area contributed by atoms with E-state index in [1.807, 2.05) is 37.3 Å². The fourth-order valence-corrected chi connectivity index (χ4v) is 3.32. The van der Waals surface area contributed by atoms with Crippen LogP contribution in [-0.4, -0.2) is 10.9 Å². The normalized spacial score (nSPS) is 11.1. The first-order valence-electron chi connectivity index (χ1n) is 9.39. The number of carbonyl (C=O) groups excluding carboxylic acids is 1. The van der Waals surface area contributed by atoms with Crippen LogP contribution in [0, 0.1) is 6.92 Å². The van der Waals surface area contributed by atoms with Crippen molar-refractivity contribution in [1.29, 1.82) is 0 Å². The number of nitrogens with one attached hydrogen (secondary N) is 1. The van der Waals surface area contributed by atoms with E-state index >= 15 is 0 Å². The summed E-state index contributed by atoms with van der Waals surface area (Å²) in [5, 5.41) is 3.40. The Labute approximate surface area is 170 Å². The quantitative estimate of drug-likeness (QED) is 0.426. The average molecular weight is 396 g/mol. The summed E-state index contributed by atoms with van der Waals surface area (Å²) in [7, 11) is 0. The van der Waals surface area contributed by atoms with Gasteiger partial charge in [0.05, 0.1) is 0 Å². The van der Waals surface area contributed by atoms with Crippen LogP contribution < -0.4 is 10.9 Å². The highest BCUT2D eigenvalue weighted by Crippen LogP contribution is 2.27. The minimum Gasteiger partial charge on any atom is -0.436 e. The highest BCUT2D eigenvalue weighted by Gasteiger charge is 2.15. The van der Waals surface area contributed by atoms with E-state index in [0.29, 0.717) is 33.6 Å². The Bertz CT molecular complexity index is 1480. The van der Waals surface area contributed by atoms with E-state index in [-0.39, 0.29) is 5.56 Å². The largest absolute Gasteiger partial charge is 0.436 e. The van der Waals surface area contributed by atoms with E-state index in [4.69, 9.17) is 8.83 Å². The van der Waals surface area contributed by atoms with Crippen molar-refractivity contribution in [1.82, 2.24) is 4.98 Å². The molecule has 30 heavy (non-hydrogen) atoms. The Morgan fingerprint density at radius 3 is 2.63 bits per heavy atom. The van der Waals surface area contributed by atoms with Gasteiger partial charge in [0.25, 0.3) is 5.91 Å². The number of fused-ring (bicyclic) bond motifs is 2. The molecule has 0 aliphatic heterocycles. The maximum Gasteiger partial charge on any atom is 0.349 e. The zero-order valence-corrected chi connectivity index (χ0v) is 16.0. The summed E-state index contributed by atoms with van der Waals surface area (Å²) in [5.74, 6) is -0.0420. The Kier molecular flexibility index (Phi) is 4.17. The number of carbonyl (C=O) groups is 1. The molecule has 0 aliphatic carbocycles. The molecule has 0 fully saturated rings. The van der Waals surface area contributed by atoms with Crippen molar-refractivity contribution in [3.63, 3.8) is 0 Å². The minimum absolute atomic E-state index is 0.0631. The van der Waals surface area contributed by atoms with E-state index in [1.165, 1.54) is 6.07 Å². The van der Waals surface area contributed by atoms with Crippen LogP contribution in [-0.2, 0) is 0 Å². The molecule has 2 heterocycles. The van der Waals surface area contributed by atoms with Crippen LogP contribution in [0.5, 0.6) is 0 Å². The number of hydrogen-bond acceptors (Lipinski definition) is 5. The molecule has 2 aromatic heterocycles. The standard InChI is InChI=1S/C24H16N2O4/c1-14-5-4-7-16(11-14)23-26-19-10-9-17(13-21(19)29-23)25-22(27)18-12-15-6-2-3-8-20(15)30-24(18)28/h2-13H,1H3,(H,25,27). The van der Waals surface area contributed by atoms with Crippen LogP contribution in [0.4, 0.5) is 5.69 Å². The molecule has 0 saturated carbocycles. The van der Waals surface area contributed by atoms with Crippen LogP contribution in [0.3, 0.4) is 0 Å². The van der Waals surface area contributed by atoms with E-state index in [9.17, 15) is 9.59 Å². The van der Waals surface area contributed by atoms with Crippen LogP contribution in [0.15, 0.2) is 86.4 Å². The number of rotatable bonds is 3. The summed E-state index contributed by atoms with van der Waals surface area (Å²) in [4.78, 5) is 29.4. The van der Waals surface area contributed by atoms with Gasteiger partial charge in [-0.1, -0.05) is 35.9 Å². The first-order chi connectivity index (χ1) is 14.6. The fourth-order valence-electron chi connectivity index (χ4n) is 3.32. The highest BCUT2D eigenvalue weighted by molar-refractivity contribution is 6.06. The number of oxazole rings is 1. The number of benzene rings is 3. The summed E-state index contributed by atoms with van der Waals surface area (Å²) < 4.78 is 11.1. The number of aryl methyl sites for hydroxylation is 1. The van der Waals surface area contributed by atoms with E-state index < -0.39 is 11.5 Å². The Morgan fingerprint density at radius 1 is 0.900 bits per heavy atom. The third-order valence-electron chi connectivity index (χ3n) is 4.80. The Balaban J connectivity index is 1.46. The molecule has 0 bridgehead atoms. The predicted octanol–water partition coefficient (Wildman–Crippen LogP) is 5.16. The molecule has 3 aromatic carbocycles. The molecule has 0 aliphatic rings. The first kappa shape index (κ1) is 17.9. The first-order valence-corrected chi connectivity index (χ1v) is 9.39. The van der Waals surface area contributed by atoms with Crippen molar-refractivity contribution in [3.05, 3.63) is 94.3 Å². The maximum absolute atomic E-state index is 12.7. The van der Waals surface area contributed by atoms with Crippen molar-refractivity contribution in [2.24, 2.45) is 0 Å². The molecular weight excluding hydrogens is 380 g/mol. The molecule has 0 saturated heterocycles. The highest BCUT2D eigenvalue weighted by atomic mass is 16.4. The van der Waals surface area contributed by atoms with Gasteiger partial charge in [-0.2, -0.15) is 0 Å². The van der Waals surface area contributed by atoms with E-state index in [0.717, 1.165) is 11.1 Å². The average Bonchev–Trinajstić information content (AvgIpc) is 3.16. The van der Waals surface area contributed by atoms with Gasteiger partial charge < -0.3 is 14.2 Å². The molecule has 5 rings (SSSR count). The second-order valence-corrected chi connectivity index (χ2v) is 7.01. The lowest BCUT2D eigenvalue weighted by atomic mass is 10.1. The topological polar surface area (TPSA) is 85.3 Å². The van der Waals surface area contributed by atoms with Gasteiger partial charge in [-0.05, 0) is 43.3 Å². The molecule has 1 N–H and O–H groups in total. The van der Waals surface area contributed by atoms with Crippen molar-refractivity contribution < 1.29 is 13.6 Å². The molecule has 146 valence electrons. The monoisotopic (exact) mass is 396 g/mol. The number of nitrogens with zero attached hydrogens (tertiary/aromatic N) is 1. The minimum atomic E-state index is -0.686. The Morgan fingerprint density at radius 2 is 1.77 bits per heavy atom. The zero-order valence-electron chi connectivity index (χ0n) is 16.0. The molecular formula is C24H16N2O4. The fraction of sp³-hybridized carbons (Fsp3) is 0.0417. The lowest BCUT2D eigenvalue weighted by molar-refractivity contribution is 0.102. The molecule has 5 aromatic rings. The van der Waals surface area contributed by atoms with Gasteiger partial charge in [0.15, 0.2) is 5.58 Å². The smallest absolute Gasteiger partial charge is 0.349 e. The molecule has 6 heteroatoms.